The maximum absolute atomic E-state index is 12.3. The van der Waals surface area contributed by atoms with Crippen molar-refractivity contribution in [3.05, 3.63) is 35.6 Å². The van der Waals surface area contributed by atoms with Crippen LogP contribution in [0, 0.1) is 0 Å². The zero-order valence-electron chi connectivity index (χ0n) is 16.6. The summed E-state index contributed by atoms with van der Waals surface area (Å²) in [6, 6.07) is 3.43. The van der Waals surface area contributed by atoms with Gasteiger partial charge in [0.15, 0.2) is 5.82 Å². The fourth-order valence-electron chi connectivity index (χ4n) is 2.93. The molecule has 3 rings (SSSR count). The number of nitrogens with zero attached hydrogens (tertiary/aromatic N) is 4. The minimum Gasteiger partial charge on any atom is -0.388 e. The number of hydrogen-bond acceptors (Lipinski definition) is 8. The number of aromatic nitrogens is 3. The van der Waals surface area contributed by atoms with Crippen LogP contribution in [-0.4, -0.2) is 63.3 Å². The minimum absolute atomic E-state index is 0.147. The summed E-state index contributed by atoms with van der Waals surface area (Å²) in [7, 11) is 2.06. The number of amides is 1. The van der Waals surface area contributed by atoms with Crippen molar-refractivity contribution >= 4 is 11.7 Å². The lowest BCUT2D eigenvalue weighted by Gasteiger charge is -2.36. The van der Waals surface area contributed by atoms with Gasteiger partial charge in [-0.2, -0.15) is 4.98 Å². The van der Waals surface area contributed by atoms with Gasteiger partial charge in [0.05, 0.1) is 17.7 Å². The molecule has 0 unspecified atom stereocenters. The standard InChI is InChI=1S/C19H28N6O3/c1-13(2)18-23-16(24-28-18)11-21-17(26)14-4-5-15(20-10-14)22-12-19(27)6-8-25(3)9-7-19/h4-5,10,13,27H,6-9,11-12H2,1-3H3,(H,20,22)(H,21,26). The van der Waals surface area contributed by atoms with Crippen molar-refractivity contribution in [2.24, 2.45) is 0 Å². The molecule has 152 valence electrons. The van der Waals surface area contributed by atoms with Crippen molar-refractivity contribution in [2.45, 2.75) is 44.8 Å². The molecular formula is C19H28N6O3. The Kier molecular flexibility index (Phi) is 6.25. The van der Waals surface area contributed by atoms with E-state index in [1.165, 1.54) is 6.20 Å². The summed E-state index contributed by atoms with van der Waals surface area (Å²) in [6.07, 6.45) is 2.96. The Morgan fingerprint density at radius 2 is 2.11 bits per heavy atom. The normalized spacial score (nSPS) is 16.9. The van der Waals surface area contributed by atoms with Gasteiger partial charge < -0.3 is 25.2 Å². The number of carbonyl (C=O) groups is 1. The highest BCUT2D eigenvalue weighted by Gasteiger charge is 2.30. The molecule has 0 spiro atoms. The van der Waals surface area contributed by atoms with Gasteiger partial charge in [-0.3, -0.25) is 4.79 Å². The molecule has 3 heterocycles. The van der Waals surface area contributed by atoms with E-state index in [9.17, 15) is 9.90 Å². The molecule has 28 heavy (non-hydrogen) atoms. The Morgan fingerprint density at radius 3 is 2.71 bits per heavy atom. The summed E-state index contributed by atoms with van der Waals surface area (Å²) < 4.78 is 5.11. The zero-order valence-corrected chi connectivity index (χ0v) is 16.6. The van der Waals surface area contributed by atoms with Crippen LogP contribution < -0.4 is 10.6 Å². The van der Waals surface area contributed by atoms with Gasteiger partial charge in [0.1, 0.15) is 5.82 Å². The van der Waals surface area contributed by atoms with Crippen molar-refractivity contribution in [1.29, 1.82) is 0 Å². The van der Waals surface area contributed by atoms with E-state index in [2.05, 4.69) is 37.7 Å². The molecule has 1 saturated heterocycles. The summed E-state index contributed by atoms with van der Waals surface area (Å²) in [5.41, 5.74) is -0.278. The Hall–Kier alpha value is -2.52. The number of nitrogens with one attached hydrogen (secondary N) is 2. The highest BCUT2D eigenvalue weighted by Crippen LogP contribution is 2.21. The lowest BCUT2D eigenvalue weighted by atomic mass is 9.91. The molecule has 0 radical (unpaired) electrons. The van der Waals surface area contributed by atoms with Crippen LogP contribution in [0.25, 0.3) is 0 Å². The third-order valence-electron chi connectivity index (χ3n) is 4.93. The predicted molar refractivity (Wildman–Crippen MR) is 104 cm³/mol. The maximum Gasteiger partial charge on any atom is 0.253 e. The largest absolute Gasteiger partial charge is 0.388 e. The fraction of sp³-hybridized carbons (Fsp3) is 0.579. The van der Waals surface area contributed by atoms with Gasteiger partial charge in [-0.25, -0.2) is 4.98 Å². The monoisotopic (exact) mass is 388 g/mol. The van der Waals surface area contributed by atoms with E-state index in [1.54, 1.807) is 12.1 Å². The number of aliphatic hydroxyl groups is 1. The summed E-state index contributed by atoms with van der Waals surface area (Å²) >= 11 is 0. The van der Waals surface area contributed by atoms with Crippen LogP contribution in [0.15, 0.2) is 22.9 Å². The molecule has 0 aromatic carbocycles. The topological polar surface area (TPSA) is 116 Å². The predicted octanol–water partition coefficient (Wildman–Crippen LogP) is 1.39. The van der Waals surface area contributed by atoms with Gasteiger partial charge >= 0.3 is 0 Å². The Labute approximate surface area is 164 Å². The number of likely N-dealkylation sites (tertiary alicyclic amines) is 1. The molecule has 9 heteroatoms. The molecule has 2 aromatic heterocycles. The van der Waals surface area contributed by atoms with E-state index in [-0.39, 0.29) is 18.4 Å². The number of piperidine rings is 1. The molecule has 1 amide bonds. The van der Waals surface area contributed by atoms with Crippen LogP contribution in [0.1, 0.15) is 54.7 Å². The highest BCUT2D eigenvalue weighted by molar-refractivity contribution is 5.93. The van der Waals surface area contributed by atoms with Gasteiger partial charge in [0, 0.05) is 31.7 Å². The smallest absolute Gasteiger partial charge is 0.253 e. The van der Waals surface area contributed by atoms with Crippen LogP contribution >= 0.6 is 0 Å². The van der Waals surface area contributed by atoms with Gasteiger partial charge in [0.25, 0.3) is 5.91 Å². The van der Waals surface area contributed by atoms with E-state index < -0.39 is 5.60 Å². The molecular weight excluding hydrogens is 360 g/mol. The third-order valence-corrected chi connectivity index (χ3v) is 4.93. The number of pyridine rings is 1. The number of anilines is 1. The van der Waals surface area contributed by atoms with Crippen LogP contribution in [0.5, 0.6) is 0 Å². The van der Waals surface area contributed by atoms with Crippen molar-refractivity contribution in [1.82, 2.24) is 25.3 Å². The first-order valence-electron chi connectivity index (χ1n) is 9.56. The van der Waals surface area contributed by atoms with Crippen molar-refractivity contribution in [3.63, 3.8) is 0 Å². The van der Waals surface area contributed by atoms with Crippen molar-refractivity contribution < 1.29 is 14.4 Å². The summed E-state index contributed by atoms with van der Waals surface area (Å²) in [6.45, 7) is 6.31. The lowest BCUT2D eigenvalue weighted by Crippen LogP contribution is -2.47. The second-order valence-electron chi connectivity index (χ2n) is 7.70. The van der Waals surface area contributed by atoms with E-state index in [0.717, 1.165) is 25.9 Å². The molecule has 1 fully saturated rings. The Bertz CT molecular complexity index is 781. The molecule has 0 saturated carbocycles. The molecule has 2 aromatic rings. The highest BCUT2D eigenvalue weighted by atomic mass is 16.5. The van der Waals surface area contributed by atoms with Crippen LogP contribution in [0.3, 0.4) is 0 Å². The number of carbonyl (C=O) groups excluding carboxylic acids is 1. The molecule has 1 aliphatic heterocycles. The van der Waals surface area contributed by atoms with Gasteiger partial charge in [0.2, 0.25) is 5.89 Å². The fourth-order valence-corrected chi connectivity index (χ4v) is 2.93. The van der Waals surface area contributed by atoms with Crippen LogP contribution in [0.4, 0.5) is 5.82 Å². The van der Waals surface area contributed by atoms with Crippen LogP contribution in [0.2, 0.25) is 0 Å². The molecule has 0 aliphatic carbocycles. The summed E-state index contributed by atoms with van der Waals surface area (Å²) in [4.78, 5) is 23.0. The first-order chi connectivity index (χ1) is 13.3. The van der Waals surface area contributed by atoms with E-state index in [4.69, 9.17) is 4.52 Å². The second kappa shape index (κ2) is 8.66. The van der Waals surface area contributed by atoms with Gasteiger partial charge in [-0.05, 0) is 32.0 Å². The number of hydrogen-bond donors (Lipinski definition) is 3. The van der Waals surface area contributed by atoms with Gasteiger partial charge in [-0.15, -0.1) is 0 Å². The molecule has 0 bridgehead atoms. The zero-order chi connectivity index (χ0) is 20.1. The SMILES string of the molecule is CC(C)c1nc(CNC(=O)c2ccc(NCC3(O)CCN(C)CC3)nc2)no1. The summed E-state index contributed by atoms with van der Waals surface area (Å²) in [5, 5.41) is 20.4. The molecule has 3 N–H and O–H groups in total. The van der Waals surface area contributed by atoms with E-state index in [1.807, 2.05) is 13.8 Å². The maximum atomic E-state index is 12.3. The lowest BCUT2D eigenvalue weighted by molar-refractivity contribution is -0.00409. The van der Waals surface area contributed by atoms with Crippen molar-refractivity contribution in [2.75, 3.05) is 32.0 Å². The first-order valence-corrected chi connectivity index (χ1v) is 9.56. The molecule has 1 aliphatic rings. The summed E-state index contributed by atoms with van der Waals surface area (Å²) in [5.74, 6) is 1.50. The van der Waals surface area contributed by atoms with Crippen LogP contribution in [-0.2, 0) is 6.54 Å². The second-order valence-corrected chi connectivity index (χ2v) is 7.70. The molecule has 9 nitrogen and oxygen atoms in total. The quantitative estimate of drug-likeness (QED) is 0.651. The average Bonchev–Trinajstić information content (AvgIpc) is 3.17. The first kappa shape index (κ1) is 20.2. The Morgan fingerprint density at radius 1 is 1.36 bits per heavy atom. The van der Waals surface area contributed by atoms with Crippen molar-refractivity contribution in [3.8, 4) is 0 Å². The Balaban J connectivity index is 1.48. The van der Waals surface area contributed by atoms with E-state index in [0.29, 0.717) is 29.6 Å². The van der Waals surface area contributed by atoms with Gasteiger partial charge in [-0.1, -0.05) is 19.0 Å². The van der Waals surface area contributed by atoms with E-state index >= 15 is 0 Å². The number of rotatable bonds is 7. The third kappa shape index (κ3) is 5.26. The minimum atomic E-state index is -0.719. The average molecular weight is 388 g/mol. The molecule has 0 atom stereocenters.